The molecule has 84 valence electrons. The first-order valence-electron chi connectivity index (χ1n) is 5.39. The zero-order valence-electron chi connectivity index (χ0n) is 9.64. The van der Waals surface area contributed by atoms with Crippen molar-refractivity contribution < 1.29 is 0 Å². The monoisotopic (exact) mass is 216 g/mol. The van der Waals surface area contributed by atoms with E-state index in [0.29, 0.717) is 0 Å². The molecule has 0 aliphatic heterocycles. The Morgan fingerprint density at radius 2 is 2.19 bits per heavy atom. The van der Waals surface area contributed by atoms with Gasteiger partial charge >= 0.3 is 0 Å². The normalized spacial score (nSPS) is 10.6. The predicted molar refractivity (Wildman–Crippen MR) is 64.1 cm³/mol. The summed E-state index contributed by atoms with van der Waals surface area (Å²) in [4.78, 5) is 8.72. The quantitative estimate of drug-likeness (QED) is 0.836. The highest BCUT2D eigenvalue weighted by Crippen LogP contribution is 2.15. The number of nitrogens with one attached hydrogen (secondary N) is 1. The van der Waals surface area contributed by atoms with Gasteiger partial charge < -0.3 is 9.88 Å². The van der Waals surface area contributed by atoms with Crippen molar-refractivity contribution >= 4 is 0 Å². The summed E-state index contributed by atoms with van der Waals surface area (Å²) in [6.07, 6.45) is 4.69. The second-order valence-corrected chi connectivity index (χ2v) is 3.70. The molecule has 4 heteroatoms. The minimum atomic E-state index is 0.917. The first-order chi connectivity index (χ1) is 7.83. The Balaban J connectivity index is 2.27. The minimum absolute atomic E-state index is 0.917. The lowest BCUT2D eigenvalue weighted by atomic mass is 10.3. The summed E-state index contributed by atoms with van der Waals surface area (Å²) in [5.41, 5.74) is 2.13. The van der Waals surface area contributed by atoms with Gasteiger partial charge in [0, 0.05) is 38.1 Å². The zero-order valence-corrected chi connectivity index (χ0v) is 9.64. The van der Waals surface area contributed by atoms with Crippen molar-refractivity contribution in [2.45, 2.75) is 6.42 Å². The number of hydrogen-bond donors (Lipinski definition) is 1. The van der Waals surface area contributed by atoms with Crippen molar-refractivity contribution in [2.75, 3.05) is 13.6 Å². The molecule has 2 aromatic rings. The molecular formula is C12H16N4. The van der Waals surface area contributed by atoms with Crippen LogP contribution in [0.25, 0.3) is 11.5 Å². The van der Waals surface area contributed by atoms with E-state index in [9.17, 15) is 0 Å². The third kappa shape index (κ3) is 2.12. The third-order valence-electron chi connectivity index (χ3n) is 2.61. The van der Waals surface area contributed by atoms with Crippen LogP contribution in [0.15, 0.2) is 30.6 Å². The number of rotatable bonds is 4. The summed E-state index contributed by atoms with van der Waals surface area (Å²) in [7, 11) is 3.98. The minimum Gasteiger partial charge on any atom is -0.330 e. The maximum atomic E-state index is 4.41. The molecule has 0 saturated heterocycles. The molecule has 2 rings (SSSR count). The highest BCUT2D eigenvalue weighted by atomic mass is 15.1. The van der Waals surface area contributed by atoms with Crippen LogP contribution in [-0.4, -0.2) is 28.1 Å². The molecule has 2 heterocycles. The Kier molecular flexibility index (Phi) is 3.31. The number of aromatic nitrogens is 3. The molecule has 0 amide bonds. The lowest BCUT2D eigenvalue weighted by molar-refractivity contribution is 0.739. The Bertz CT molecular complexity index is 447. The highest BCUT2D eigenvalue weighted by molar-refractivity contribution is 5.49. The molecule has 16 heavy (non-hydrogen) atoms. The van der Waals surface area contributed by atoms with Crippen LogP contribution in [0.3, 0.4) is 0 Å². The molecule has 0 radical (unpaired) electrons. The van der Waals surface area contributed by atoms with Crippen LogP contribution < -0.4 is 5.32 Å². The van der Waals surface area contributed by atoms with Crippen LogP contribution >= 0.6 is 0 Å². The predicted octanol–water partition coefficient (Wildman–Crippen LogP) is 1.24. The van der Waals surface area contributed by atoms with Gasteiger partial charge in [0.05, 0.1) is 0 Å². The molecule has 0 atom stereocenters. The standard InChI is InChI=1S/C12H16N4/c1-13-8-6-10-9-15-12(16(10)2)11-5-3-4-7-14-11/h3-5,7,9,13H,6,8H2,1-2H3. The van der Waals surface area contributed by atoms with Crippen molar-refractivity contribution in [1.29, 1.82) is 0 Å². The molecule has 0 bridgehead atoms. The van der Waals surface area contributed by atoms with Crippen molar-refractivity contribution in [2.24, 2.45) is 7.05 Å². The highest BCUT2D eigenvalue weighted by Gasteiger charge is 2.08. The average molecular weight is 216 g/mol. The molecule has 0 aromatic carbocycles. The molecule has 0 aliphatic carbocycles. The van der Waals surface area contributed by atoms with E-state index in [1.807, 2.05) is 38.5 Å². The van der Waals surface area contributed by atoms with Gasteiger partial charge in [0.15, 0.2) is 5.82 Å². The molecule has 2 aromatic heterocycles. The molecule has 0 spiro atoms. The smallest absolute Gasteiger partial charge is 0.158 e. The van der Waals surface area contributed by atoms with E-state index in [-0.39, 0.29) is 0 Å². The van der Waals surface area contributed by atoms with E-state index in [4.69, 9.17) is 0 Å². The fourth-order valence-corrected chi connectivity index (χ4v) is 1.66. The van der Waals surface area contributed by atoms with Crippen LogP contribution in [0.2, 0.25) is 0 Å². The summed E-state index contributed by atoms with van der Waals surface area (Å²) < 4.78 is 2.10. The van der Waals surface area contributed by atoms with Crippen molar-refractivity contribution in [1.82, 2.24) is 19.9 Å². The van der Waals surface area contributed by atoms with Gasteiger partial charge in [-0.25, -0.2) is 4.98 Å². The fraction of sp³-hybridized carbons (Fsp3) is 0.333. The fourth-order valence-electron chi connectivity index (χ4n) is 1.66. The average Bonchev–Trinajstić information content (AvgIpc) is 2.69. The summed E-state index contributed by atoms with van der Waals surface area (Å²) in [6, 6.07) is 5.86. The Hall–Kier alpha value is -1.68. The molecule has 0 fully saturated rings. The number of pyridine rings is 1. The Labute approximate surface area is 95.4 Å². The topological polar surface area (TPSA) is 42.7 Å². The van der Waals surface area contributed by atoms with Gasteiger partial charge in [0.1, 0.15) is 5.69 Å². The summed E-state index contributed by atoms with van der Waals surface area (Å²) in [6.45, 7) is 0.960. The zero-order chi connectivity index (χ0) is 11.4. The van der Waals surface area contributed by atoms with Crippen LogP contribution in [0, 0.1) is 0 Å². The Morgan fingerprint density at radius 1 is 1.31 bits per heavy atom. The van der Waals surface area contributed by atoms with E-state index < -0.39 is 0 Å². The van der Waals surface area contributed by atoms with Crippen LogP contribution in [-0.2, 0) is 13.5 Å². The van der Waals surface area contributed by atoms with Crippen LogP contribution in [0.1, 0.15) is 5.69 Å². The number of hydrogen-bond acceptors (Lipinski definition) is 3. The lowest BCUT2D eigenvalue weighted by Crippen LogP contribution is -2.12. The van der Waals surface area contributed by atoms with Gasteiger partial charge in [0.25, 0.3) is 0 Å². The van der Waals surface area contributed by atoms with Crippen LogP contribution in [0.5, 0.6) is 0 Å². The second kappa shape index (κ2) is 4.90. The summed E-state index contributed by atoms with van der Waals surface area (Å²) in [5.74, 6) is 0.923. The van der Waals surface area contributed by atoms with E-state index in [1.165, 1.54) is 5.69 Å². The van der Waals surface area contributed by atoms with E-state index in [2.05, 4.69) is 19.9 Å². The molecule has 1 N–H and O–H groups in total. The van der Waals surface area contributed by atoms with Gasteiger partial charge in [0.2, 0.25) is 0 Å². The molecular weight excluding hydrogens is 200 g/mol. The van der Waals surface area contributed by atoms with Gasteiger partial charge in [-0.15, -0.1) is 0 Å². The van der Waals surface area contributed by atoms with Crippen molar-refractivity contribution in [3.8, 4) is 11.5 Å². The number of nitrogens with zero attached hydrogens (tertiary/aromatic N) is 3. The molecule has 0 saturated carbocycles. The van der Waals surface area contributed by atoms with E-state index >= 15 is 0 Å². The first-order valence-corrected chi connectivity index (χ1v) is 5.39. The first kappa shape index (κ1) is 10.8. The van der Waals surface area contributed by atoms with Crippen molar-refractivity contribution in [3.05, 3.63) is 36.3 Å². The number of likely N-dealkylation sites (N-methyl/N-ethyl adjacent to an activating group) is 1. The van der Waals surface area contributed by atoms with Gasteiger partial charge in [-0.3, -0.25) is 4.98 Å². The second-order valence-electron chi connectivity index (χ2n) is 3.70. The third-order valence-corrected chi connectivity index (χ3v) is 2.61. The lowest BCUT2D eigenvalue weighted by Gasteiger charge is -2.04. The maximum Gasteiger partial charge on any atom is 0.158 e. The van der Waals surface area contributed by atoms with E-state index in [0.717, 1.165) is 24.5 Å². The van der Waals surface area contributed by atoms with E-state index in [1.54, 1.807) is 6.20 Å². The van der Waals surface area contributed by atoms with Gasteiger partial charge in [-0.2, -0.15) is 0 Å². The molecule has 4 nitrogen and oxygen atoms in total. The SMILES string of the molecule is CNCCc1cnc(-c2ccccn2)n1C. The summed E-state index contributed by atoms with van der Waals surface area (Å²) in [5, 5.41) is 3.14. The van der Waals surface area contributed by atoms with Gasteiger partial charge in [-0.05, 0) is 19.2 Å². The maximum absolute atomic E-state index is 4.41. The Morgan fingerprint density at radius 3 is 2.88 bits per heavy atom. The number of imidazole rings is 1. The summed E-state index contributed by atoms with van der Waals surface area (Å²) >= 11 is 0. The largest absolute Gasteiger partial charge is 0.330 e. The van der Waals surface area contributed by atoms with Gasteiger partial charge in [-0.1, -0.05) is 6.07 Å². The van der Waals surface area contributed by atoms with Crippen molar-refractivity contribution in [3.63, 3.8) is 0 Å². The molecule has 0 aliphatic rings. The molecule has 0 unspecified atom stereocenters. The van der Waals surface area contributed by atoms with Crippen LogP contribution in [0.4, 0.5) is 0 Å².